The molecule has 1 aromatic rings. The van der Waals surface area contributed by atoms with Gasteiger partial charge in [-0.1, -0.05) is 6.92 Å². The maximum absolute atomic E-state index is 6.21. The summed E-state index contributed by atoms with van der Waals surface area (Å²) in [5, 5.41) is 3.33. The Morgan fingerprint density at radius 3 is 2.48 bits per heavy atom. The fraction of sp³-hybridized carbons (Fsp3) is 0.625. The van der Waals surface area contributed by atoms with Crippen LogP contribution in [-0.4, -0.2) is 25.9 Å². The van der Waals surface area contributed by atoms with E-state index in [0.29, 0.717) is 6.10 Å². The molecular formula is C16H23Br2NO2. The number of benzene rings is 1. The lowest BCUT2D eigenvalue weighted by Crippen LogP contribution is -2.29. The molecule has 0 saturated heterocycles. The van der Waals surface area contributed by atoms with E-state index in [4.69, 9.17) is 9.47 Å². The molecule has 0 aliphatic heterocycles. The second-order valence-corrected chi connectivity index (χ2v) is 7.14. The summed E-state index contributed by atoms with van der Waals surface area (Å²) in [5.41, 5.74) is 1.24. The predicted molar refractivity (Wildman–Crippen MR) is 92.9 cm³/mol. The van der Waals surface area contributed by atoms with Gasteiger partial charge in [-0.3, -0.25) is 0 Å². The number of ether oxygens (including phenoxy) is 2. The zero-order chi connectivity index (χ0) is 15.2. The summed E-state index contributed by atoms with van der Waals surface area (Å²) in [6, 6.07) is 4.25. The van der Waals surface area contributed by atoms with Gasteiger partial charge in [0.1, 0.15) is 11.9 Å². The average molecular weight is 421 g/mol. The Balaban J connectivity index is 2.05. The summed E-state index contributed by atoms with van der Waals surface area (Å²) in [7, 11) is 1.79. The molecule has 0 spiro atoms. The summed E-state index contributed by atoms with van der Waals surface area (Å²) < 4.78 is 13.7. The number of rotatable bonds is 6. The Morgan fingerprint density at radius 2 is 1.86 bits per heavy atom. The highest BCUT2D eigenvalue weighted by molar-refractivity contribution is 9.11. The van der Waals surface area contributed by atoms with Gasteiger partial charge in [0.15, 0.2) is 0 Å². The lowest BCUT2D eigenvalue weighted by Gasteiger charge is -2.29. The number of halogens is 2. The van der Waals surface area contributed by atoms with Gasteiger partial charge < -0.3 is 14.8 Å². The van der Waals surface area contributed by atoms with Crippen molar-refractivity contribution in [3.05, 3.63) is 26.6 Å². The molecule has 0 bridgehead atoms. The van der Waals surface area contributed by atoms with E-state index in [9.17, 15) is 0 Å². The average Bonchev–Trinajstić information content (AvgIpc) is 2.49. The second kappa shape index (κ2) is 8.51. The van der Waals surface area contributed by atoms with Crippen LogP contribution in [0.15, 0.2) is 21.1 Å². The molecule has 1 N–H and O–H groups in total. The zero-order valence-corrected chi connectivity index (χ0v) is 15.8. The van der Waals surface area contributed by atoms with Crippen molar-refractivity contribution in [3.63, 3.8) is 0 Å². The molecule has 1 aliphatic rings. The largest absolute Gasteiger partial charge is 0.488 e. The van der Waals surface area contributed by atoms with E-state index >= 15 is 0 Å². The highest BCUT2D eigenvalue weighted by Crippen LogP contribution is 2.37. The Labute approximate surface area is 144 Å². The Hall–Kier alpha value is -0.100. The van der Waals surface area contributed by atoms with E-state index in [1.807, 2.05) is 0 Å². The highest BCUT2D eigenvalue weighted by Gasteiger charge is 2.24. The minimum absolute atomic E-state index is 0.232. The van der Waals surface area contributed by atoms with E-state index in [1.165, 1.54) is 5.56 Å². The second-order valence-electron chi connectivity index (χ2n) is 5.43. The summed E-state index contributed by atoms with van der Waals surface area (Å²) in [4.78, 5) is 0. The quantitative estimate of drug-likeness (QED) is 0.725. The van der Waals surface area contributed by atoms with E-state index < -0.39 is 0 Å². The van der Waals surface area contributed by atoms with Crippen LogP contribution in [0.2, 0.25) is 0 Å². The van der Waals surface area contributed by atoms with Crippen LogP contribution in [-0.2, 0) is 11.3 Å². The summed E-state index contributed by atoms with van der Waals surface area (Å²) in [6.45, 7) is 3.94. The van der Waals surface area contributed by atoms with Crippen LogP contribution in [0.4, 0.5) is 0 Å². The van der Waals surface area contributed by atoms with Gasteiger partial charge in [0.2, 0.25) is 0 Å². The molecule has 0 amide bonds. The fourth-order valence-corrected chi connectivity index (χ4v) is 4.15. The van der Waals surface area contributed by atoms with Crippen molar-refractivity contribution in [3.8, 4) is 5.75 Å². The van der Waals surface area contributed by atoms with Crippen molar-refractivity contribution in [2.75, 3.05) is 13.7 Å². The normalized spacial score (nSPS) is 22.3. The van der Waals surface area contributed by atoms with Gasteiger partial charge >= 0.3 is 0 Å². The molecule has 2 atom stereocenters. The molecule has 0 aromatic heterocycles. The molecule has 1 aromatic carbocycles. The van der Waals surface area contributed by atoms with Gasteiger partial charge in [0.05, 0.1) is 15.0 Å². The van der Waals surface area contributed by atoms with Crippen molar-refractivity contribution < 1.29 is 9.47 Å². The summed E-state index contributed by atoms with van der Waals surface area (Å²) >= 11 is 7.27. The molecule has 21 heavy (non-hydrogen) atoms. The molecule has 2 rings (SSSR count). The topological polar surface area (TPSA) is 30.5 Å². The minimum Gasteiger partial charge on any atom is -0.488 e. The Morgan fingerprint density at radius 1 is 1.19 bits per heavy atom. The van der Waals surface area contributed by atoms with E-state index in [1.54, 1.807) is 7.11 Å². The maximum Gasteiger partial charge on any atom is 0.148 e. The molecule has 0 heterocycles. The number of hydrogen-bond acceptors (Lipinski definition) is 3. The van der Waals surface area contributed by atoms with Crippen LogP contribution in [0.1, 0.15) is 38.2 Å². The molecule has 1 fully saturated rings. The van der Waals surface area contributed by atoms with Crippen molar-refractivity contribution >= 4 is 31.9 Å². The molecule has 118 valence electrons. The third kappa shape index (κ3) is 4.95. The fourth-order valence-electron chi connectivity index (χ4n) is 2.69. The van der Waals surface area contributed by atoms with Crippen molar-refractivity contribution in [1.82, 2.24) is 5.32 Å². The first-order valence-corrected chi connectivity index (χ1v) is 9.10. The zero-order valence-electron chi connectivity index (χ0n) is 12.6. The molecule has 1 saturated carbocycles. The van der Waals surface area contributed by atoms with Crippen molar-refractivity contribution in [1.29, 1.82) is 0 Å². The summed E-state index contributed by atoms with van der Waals surface area (Å²) in [6.07, 6.45) is 4.93. The third-order valence-electron chi connectivity index (χ3n) is 3.83. The van der Waals surface area contributed by atoms with Gasteiger partial charge in [-0.15, -0.1) is 0 Å². The lowest BCUT2D eigenvalue weighted by atomic mass is 9.95. The molecule has 5 heteroatoms. The number of hydrogen-bond donors (Lipinski definition) is 1. The summed E-state index contributed by atoms with van der Waals surface area (Å²) in [5.74, 6) is 0.900. The minimum atomic E-state index is 0.232. The van der Waals surface area contributed by atoms with Gasteiger partial charge in [0.25, 0.3) is 0 Å². The molecule has 1 aliphatic carbocycles. The third-order valence-corrected chi connectivity index (χ3v) is 5.01. The molecule has 0 radical (unpaired) electrons. The van der Waals surface area contributed by atoms with E-state index in [0.717, 1.165) is 53.5 Å². The van der Waals surface area contributed by atoms with Gasteiger partial charge in [0, 0.05) is 20.1 Å². The van der Waals surface area contributed by atoms with Crippen molar-refractivity contribution in [2.24, 2.45) is 0 Å². The standard InChI is InChI=1S/C16H23Br2NO2/c1-3-19-10-11-7-14(17)16(15(18)8-11)21-13-6-4-5-12(9-13)20-2/h7-8,12-13,19H,3-6,9-10H2,1-2H3. The van der Waals surface area contributed by atoms with Gasteiger partial charge in [-0.25, -0.2) is 0 Å². The smallest absolute Gasteiger partial charge is 0.148 e. The van der Waals surface area contributed by atoms with Crippen LogP contribution in [0.25, 0.3) is 0 Å². The molecule has 3 nitrogen and oxygen atoms in total. The van der Waals surface area contributed by atoms with Crippen molar-refractivity contribution in [2.45, 2.75) is 51.4 Å². The number of nitrogens with one attached hydrogen (secondary N) is 1. The van der Waals surface area contributed by atoms with Gasteiger partial charge in [-0.2, -0.15) is 0 Å². The number of methoxy groups -OCH3 is 1. The SMILES string of the molecule is CCNCc1cc(Br)c(OC2CCCC(OC)C2)c(Br)c1. The van der Waals surface area contributed by atoms with Crippen LogP contribution in [0.3, 0.4) is 0 Å². The first-order chi connectivity index (χ1) is 10.1. The van der Waals surface area contributed by atoms with E-state index in [-0.39, 0.29) is 6.10 Å². The lowest BCUT2D eigenvalue weighted by molar-refractivity contribution is 0.0205. The van der Waals surface area contributed by atoms with Crippen LogP contribution < -0.4 is 10.1 Å². The molecular weight excluding hydrogens is 398 g/mol. The van der Waals surface area contributed by atoms with Crippen LogP contribution >= 0.6 is 31.9 Å². The van der Waals surface area contributed by atoms with Gasteiger partial charge in [-0.05, 0) is 75.4 Å². The first-order valence-electron chi connectivity index (χ1n) is 7.52. The highest BCUT2D eigenvalue weighted by atomic mass is 79.9. The van der Waals surface area contributed by atoms with Crippen LogP contribution in [0.5, 0.6) is 5.75 Å². The van der Waals surface area contributed by atoms with E-state index in [2.05, 4.69) is 56.2 Å². The van der Waals surface area contributed by atoms with Crippen LogP contribution in [0, 0.1) is 0 Å². The monoisotopic (exact) mass is 419 g/mol. The first kappa shape index (κ1) is 17.3. The maximum atomic E-state index is 6.21. The Bertz CT molecular complexity index is 445. The Kier molecular flexibility index (Phi) is 6.99. The molecule has 2 unspecified atom stereocenters. The predicted octanol–water partition coefficient (Wildman–Crippen LogP) is 4.66.